The average Bonchev–Trinajstić information content (AvgIpc) is 2.61. The molecule has 0 aromatic heterocycles. The second-order valence-corrected chi connectivity index (χ2v) is 6.80. The minimum atomic E-state index is -0.657. The van der Waals surface area contributed by atoms with Crippen molar-refractivity contribution in [3.63, 3.8) is 0 Å². The van der Waals surface area contributed by atoms with Crippen LogP contribution in [-0.4, -0.2) is 16.9 Å². The average molecular weight is 431 g/mol. The number of nitrogens with zero attached hydrogens (tertiary/aromatic N) is 1. The molecule has 0 aliphatic carbocycles. The Morgan fingerprint density at radius 3 is 2.67 bits per heavy atom. The molecule has 0 radical (unpaired) electrons. The van der Waals surface area contributed by atoms with Crippen LogP contribution in [0.2, 0.25) is 0 Å². The minimum Gasteiger partial charge on any atom is -0.327 e. The van der Waals surface area contributed by atoms with Crippen molar-refractivity contribution in [2.75, 3.05) is 5.32 Å². The van der Waals surface area contributed by atoms with Gasteiger partial charge in [-0.05, 0) is 30.7 Å². The third-order valence-corrected chi connectivity index (χ3v) is 4.50. The molecule has 0 fully saturated rings. The maximum absolute atomic E-state index is 12.9. The van der Waals surface area contributed by atoms with E-state index >= 15 is 0 Å². The monoisotopic (exact) mass is 430 g/mol. The first kappa shape index (κ1) is 18.6. The molecule has 3 N–H and O–H groups in total. The van der Waals surface area contributed by atoms with E-state index in [2.05, 4.69) is 31.9 Å². The van der Waals surface area contributed by atoms with Crippen LogP contribution in [0.3, 0.4) is 0 Å². The lowest BCUT2D eigenvalue weighted by Crippen LogP contribution is -2.45. The van der Waals surface area contributed by atoms with Gasteiger partial charge in [0.15, 0.2) is 0 Å². The van der Waals surface area contributed by atoms with Crippen LogP contribution in [0.1, 0.15) is 18.5 Å². The molecule has 0 spiro atoms. The molecule has 27 heavy (non-hydrogen) atoms. The third kappa shape index (κ3) is 4.14. The van der Waals surface area contributed by atoms with Crippen LogP contribution in [0.25, 0.3) is 0 Å². The van der Waals surface area contributed by atoms with Crippen LogP contribution in [0, 0.1) is 10.1 Å². The first-order chi connectivity index (χ1) is 12.8. The Morgan fingerprint density at radius 1 is 1.22 bits per heavy atom. The predicted octanol–water partition coefficient (Wildman–Crippen LogP) is 3.62. The lowest BCUT2D eigenvalue weighted by atomic mass is 9.95. The molecule has 3 rings (SSSR count). The maximum atomic E-state index is 12.9. The molecule has 0 saturated heterocycles. The lowest BCUT2D eigenvalue weighted by Gasteiger charge is -2.28. The summed E-state index contributed by atoms with van der Waals surface area (Å²) in [5.74, 6) is -0.467. The number of hydrogen-bond acceptors (Lipinski definition) is 4. The SMILES string of the molecule is CC1=C(C(=O)Nc2cccc([N+](=O)[O-])c2)C(c2cccc(Br)c2)NC(=O)N1. The molecular weight excluding hydrogens is 416 g/mol. The van der Waals surface area contributed by atoms with Gasteiger partial charge in [0.25, 0.3) is 11.6 Å². The highest BCUT2D eigenvalue weighted by Gasteiger charge is 2.31. The highest BCUT2D eigenvalue weighted by molar-refractivity contribution is 9.10. The van der Waals surface area contributed by atoms with Crippen molar-refractivity contribution in [2.24, 2.45) is 0 Å². The van der Waals surface area contributed by atoms with Gasteiger partial charge < -0.3 is 16.0 Å². The quantitative estimate of drug-likeness (QED) is 0.507. The summed E-state index contributed by atoms with van der Waals surface area (Å²) < 4.78 is 0.809. The molecular formula is C18H15BrN4O4. The molecule has 0 saturated carbocycles. The van der Waals surface area contributed by atoms with Gasteiger partial charge in [-0.25, -0.2) is 4.79 Å². The van der Waals surface area contributed by atoms with Gasteiger partial charge in [-0.3, -0.25) is 14.9 Å². The molecule has 1 aliphatic rings. The number of halogens is 1. The summed E-state index contributed by atoms with van der Waals surface area (Å²) in [5.41, 5.74) is 1.62. The summed E-state index contributed by atoms with van der Waals surface area (Å²) in [6.45, 7) is 1.63. The van der Waals surface area contributed by atoms with Gasteiger partial charge in [0.2, 0.25) is 0 Å². The Hall–Kier alpha value is -3.20. The molecule has 1 aliphatic heterocycles. The van der Waals surface area contributed by atoms with Crippen LogP contribution in [-0.2, 0) is 4.79 Å². The van der Waals surface area contributed by atoms with E-state index in [1.807, 2.05) is 12.1 Å². The normalized spacial score (nSPS) is 16.4. The molecule has 1 heterocycles. The van der Waals surface area contributed by atoms with Gasteiger partial charge in [-0.1, -0.05) is 34.1 Å². The van der Waals surface area contributed by atoms with E-state index in [0.29, 0.717) is 17.0 Å². The molecule has 1 unspecified atom stereocenters. The lowest BCUT2D eigenvalue weighted by molar-refractivity contribution is -0.384. The number of allylic oxidation sites excluding steroid dienone is 1. The van der Waals surface area contributed by atoms with E-state index in [1.165, 1.54) is 18.2 Å². The smallest absolute Gasteiger partial charge is 0.319 e. The fraction of sp³-hybridized carbons (Fsp3) is 0.111. The van der Waals surface area contributed by atoms with Crippen molar-refractivity contribution in [1.29, 1.82) is 0 Å². The van der Waals surface area contributed by atoms with E-state index in [0.717, 1.165) is 10.0 Å². The molecule has 8 nitrogen and oxygen atoms in total. The largest absolute Gasteiger partial charge is 0.327 e. The van der Waals surface area contributed by atoms with Crippen LogP contribution in [0.4, 0.5) is 16.2 Å². The van der Waals surface area contributed by atoms with Crippen molar-refractivity contribution in [3.8, 4) is 0 Å². The number of nitro groups is 1. The first-order valence-electron chi connectivity index (χ1n) is 7.94. The molecule has 1 atom stereocenters. The van der Waals surface area contributed by atoms with Crippen molar-refractivity contribution in [2.45, 2.75) is 13.0 Å². The van der Waals surface area contributed by atoms with Gasteiger partial charge in [0.1, 0.15) is 0 Å². The zero-order valence-electron chi connectivity index (χ0n) is 14.2. The van der Waals surface area contributed by atoms with Crippen LogP contribution in [0.15, 0.2) is 64.3 Å². The zero-order valence-corrected chi connectivity index (χ0v) is 15.7. The Kier molecular flexibility index (Phi) is 5.22. The van der Waals surface area contributed by atoms with Gasteiger partial charge >= 0.3 is 6.03 Å². The highest BCUT2D eigenvalue weighted by atomic mass is 79.9. The number of urea groups is 1. The summed E-state index contributed by atoms with van der Waals surface area (Å²) in [6.07, 6.45) is 0. The van der Waals surface area contributed by atoms with Gasteiger partial charge in [-0.2, -0.15) is 0 Å². The number of benzene rings is 2. The molecule has 0 bridgehead atoms. The van der Waals surface area contributed by atoms with Crippen LogP contribution in [0.5, 0.6) is 0 Å². The number of nitrogens with one attached hydrogen (secondary N) is 3. The van der Waals surface area contributed by atoms with Crippen molar-refractivity contribution < 1.29 is 14.5 Å². The highest BCUT2D eigenvalue weighted by Crippen LogP contribution is 2.29. The molecule has 2 aromatic carbocycles. The molecule has 3 amide bonds. The number of hydrogen-bond donors (Lipinski definition) is 3. The number of non-ortho nitro benzene ring substituents is 1. The first-order valence-corrected chi connectivity index (χ1v) is 8.74. The number of rotatable bonds is 4. The standard InChI is InChI=1S/C18H15BrN4O4/c1-10-15(17(24)21-13-6-3-7-14(9-13)23(26)27)16(22-18(25)20-10)11-4-2-5-12(19)8-11/h2-9,16H,1H3,(H,21,24)(H2,20,22,25). The summed E-state index contributed by atoms with van der Waals surface area (Å²) in [4.78, 5) is 35.2. The number of anilines is 1. The van der Waals surface area contributed by atoms with E-state index in [1.54, 1.807) is 25.1 Å². The molecule has 138 valence electrons. The second kappa shape index (κ2) is 7.58. The Bertz CT molecular complexity index is 973. The van der Waals surface area contributed by atoms with E-state index in [-0.39, 0.29) is 5.69 Å². The summed E-state index contributed by atoms with van der Waals surface area (Å²) >= 11 is 3.38. The maximum Gasteiger partial charge on any atom is 0.319 e. The summed E-state index contributed by atoms with van der Waals surface area (Å²) in [6, 6.07) is 11.8. The minimum absolute atomic E-state index is 0.128. The van der Waals surface area contributed by atoms with Gasteiger partial charge in [-0.15, -0.1) is 0 Å². The Balaban J connectivity index is 1.94. The Labute approximate surface area is 162 Å². The fourth-order valence-corrected chi connectivity index (χ4v) is 3.24. The van der Waals surface area contributed by atoms with Crippen molar-refractivity contribution in [1.82, 2.24) is 10.6 Å². The number of amides is 3. The number of nitro benzene ring substituents is 1. The Morgan fingerprint density at radius 2 is 1.96 bits per heavy atom. The topological polar surface area (TPSA) is 113 Å². The molecule has 9 heteroatoms. The zero-order chi connectivity index (χ0) is 19.6. The predicted molar refractivity (Wildman–Crippen MR) is 103 cm³/mol. The van der Waals surface area contributed by atoms with Crippen LogP contribution < -0.4 is 16.0 Å². The van der Waals surface area contributed by atoms with E-state index in [9.17, 15) is 19.7 Å². The number of carbonyl (C=O) groups is 2. The molecule has 2 aromatic rings. The van der Waals surface area contributed by atoms with Crippen LogP contribution >= 0.6 is 15.9 Å². The fourth-order valence-electron chi connectivity index (χ4n) is 2.83. The van der Waals surface area contributed by atoms with E-state index < -0.39 is 22.9 Å². The van der Waals surface area contributed by atoms with Crippen molar-refractivity contribution in [3.05, 3.63) is 80.0 Å². The van der Waals surface area contributed by atoms with Gasteiger partial charge in [0, 0.05) is 28.0 Å². The summed E-state index contributed by atoms with van der Waals surface area (Å²) in [7, 11) is 0. The van der Waals surface area contributed by atoms with E-state index in [4.69, 9.17) is 0 Å². The third-order valence-electron chi connectivity index (χ3n) is 4.01. The van der Waals surface area contributed by atoms with Crippen molar-refractivity contribution >= 4 is 39.2 Å². The number of carbonyl (C=O) groups excluding carboxylic acids is 2. The van der Waals surface area contributed by atoms with Gasteiger partial charge in [0.05, 0.1) is 16.5 Å². The summed E-state index contributed by atoms with van der Waals surface area (Å²) in [5, 5.41) is 18.9. The second-order valence-electron chi connectivity index (χ2n) is 5.89.